The third kappa shape index (κ3) is 5.42. The molecule has 1 atom stereocenters. The maximum absolute atomic E-state index is 10.4. The summed E-state index contributed by atoms with van der Waals surface area (Å²) in [5, 5.41) is 0. The second-order valence-electron chi connectivity index (χ2n) is 4.03. The summed E-state index contributed by atoms with van der Waals surface area (Å²) in [5.74, 6) is 1.38. The summed E-state index contributed by atoms with van der Waals surface area (Å²) in [5.41, 5.74) is 0. The van der Waals surface area contributed by atoms with E-state index in [1.54, 1.807) is 0 Å². The molecule has 0 radical (unpaired) electrons. The number of unbranched alkanes of at least 4 members (excludes halogenated alkanes) is 1. The van der Waals surface area contributed by atoms with Crippen LogP contribution in [-0.2, 0) is 11.1 Å². The van der Waals surface area contributed by atoms with Crippen LogP contribution >= 0.6 is 0 Å². The van der Waals surface area contributed by atoms with E-state index in [1.165, 1.54) is 38.5 Å². The van der Waals surface area contributed by atoms with E-state index < -0.39 is 11.1 Å². The lowest BCUT2D eigenvalue weighted by atomic mass is 9.86. The second kappa shape index (κ2) is 6.55. The molecule has 0 heterocycles. The molecule has 78 valence electrons. The molecule has 0 amide bonds. The minimum atomic E-state index is -1.57. The van der Waals surface area contributed by atoms with Crippen LogP contribution in [0.2, 0.25) is 0 Å². The molecule has 0 aromatic rings. The van der Waals surface area contributed by atoms with Crippen LogP contribution in [0, 0.1) is 5.92 Å². The second-order valence-corrected chi connectivity index (χ2v) is 5.08. The van der Waals surface area contributed by atoms with Crippen LogP contribution in [0.5, 0.6) is 0 Å². The number of hydrogen-bond donors (Lipinski definition) is 1. The summed E-state index contributed by atoms with van der Waals surface area (Å²) in [7, 11) is 0. The zero-order chi connectivity index (χ0) is 9.52. The Bertz CT molecular complexity index is 153. The zero-order valence-corrected chi connectivity index (χ0v) is 9.02. The van der Waals surface area contributed by atoms with E-state index in [1.807, 2.05) is 0 Å². The van der Waals surface area contributed by atoms with Crippen molar-refractivity contribution in [1.29, 1.82) is 0 Å². The summed E-state index contributed by atoms with van der Waals surface area (Å²) in [6, 6.07) is 0. The Kier molecular flexibility index (Phi) is 5.63. The topological polar surface area (TPSA) is 37.3 Å². The number of hydrogen-bond acceptors (Lipinski definition) is 1. The maximum atomic E-state index is 10.4. The van der Waals surface area contributed by atoms with E-state index in [9.17, 15) is 4.21 Å². The van der Waals surface area contributed by atoms with Gasteiger partial charge >= 0.3 is 0 Å². The van der Waals surface area contributed by atoms with Gasteiger partial charge in [-0.2, -0.15) is 0 Å². The Balaban J connectivity index is 1.95. The van der Waals surface area contributed by atoms with E-state index in [0.717, 1.165) is 18.8 Å². The summed E-state index contributed by atoms with van der Waals surface area (Å²) in [6.07, 6.45) is 10.3. The molecule has 1 saturated carbocycles. The lowest BCUT2D eigenvalue weighted by Crippen LogP contribution is -2.06. The lowest BCUT2D eigenvalue weighted by molar-refractivity contribution is 0.331. The monoisotopic (exact) mass is 204 g/mol. The van der Waals surface area contributed by atoms with Crippen LogP contribution in [0.3, 0.4) is 0 Å². The Labute approximate surface area is 83.4 Å². The Morgan fingerprint density at radius 2 is 1.85 bits per heavy atom. The van der Waals surface area contributed by atoms with Gasteiger partial charge in [-0.05, 0) is 12.3 Å². The van der Waals surface area contributed by atoms with Crippen molar-refractivity contribution in [1.82, 2.24) is 0 Å². The summed E-state index contributed by atoms with van der Waals surface area (Å²) in [4.78, 5) is 0. The first-order chi connectivity index (χ1) is 6.29. The van der Waals surface area contributed by atoms with Gasteiger partial charge in [-0.25, -0.2) is 4.21 Å². The smallest absolute Gasteiger partial charge is 0.152 e. The molecule has 1 N–H and O–H groups in total. The van der Waals surface area contributed by atoms with Crippen molar-refractivity contribution in [3.8, 4) is 0 Å². The minimum Gasteiger partial charge on any atom is -0.306 e. The fourth-order valence-corrected chi connectivity index (χ4v) is 2.59. The third-order valence-corrected chi connectivity index (χ3v) is 3.54. The van der Waals surface area contributed by atoms with Gasteiger partial charge in [0.1, 0.15) is 0 Å². The molecule has 0 saturated heterocycles. The highest BCUT2D eigenvalue weighted by molar-refractivity contribution is 7.79. The van der Waals surface area contributed by atoms with Gasteiger partial charge in [-0.3, -0.25) is 0 Å². The molecule has 1 fully saturated rings. The first-order valence-corrected chi connectivity index (χ1v) is 6.64. The largest absolute Gasteiger partial charge is 0.306 e. The maximum Gasteiger partial charge on any atom is 0.152 e. The molecule has 1 unspecified atom stereocenters. The standard InChI is InChI=1S/C10H20O2S/c11-13(12)9-5-4-8-10-6-2-1-3-7-10/h10H,1-9H2,(H,11,12). The first-order valence-electron chi connectivity index (χ1n) is 5.36. The van der Waals surface area contributed by atoms with Gasteiger partial charge in [0.2, 0.25) is 0 Å². The lowest BCUT2D eigenvalue weighted by Gasteiger charge is -2.20. The van der Waals surface area contributed by atoms with Gasteiger partial charge in [-0.1, -0.05) is 44.9 Å². The molecule has 3 heteroatoms. The van der Waals surface area contributed by atoms with Crippen LogP contribution in [0.4, 0.5) is 0 Å². The zero-order valence-electron chi connectivity index (χ0n) is 8.21. The van der Waals surface area contributed by atoms with Crippen molar-refractivity contribution in [3.05, 3.63) is 0 Å². The van der Waals surface area contributed by atoms with E-state index in [0.29, 0.717) is 5.75 Å². The quantitative estimate of drug-likeness (QED) is 0.552. The van der Waals surface area contributed by atoms with Gasteiger partial charge in [0.25, 0.3) is 0 Å². The molecular weight excluding hydrogens is 184 g/mol. The van der Waals surface area contributed by atoms with Crippen LogP contribution < -0.4 is 0 Å². The third-order valence-electron chi connectivity index (χ3n) is 2.91. The molecular formula is C10H20O2S. The molecule has 0 bridgehead atoms. The SMILES string of the molecule is O=S(O)CCCCC1CCCCC1. The van der Waals surface area contributed by atoms with Crippen molar-refractivity contribution in [2.45, 2.75) is 51.4 Å². The van der Waals surface area contributed by atoms with Crippen molar-refractivity contribution in [2.75, 3.05) is 5.75 Å². The highest BCUT2D eigenvalue weighted by Crippen LogP contribution is 2.27. The Morgan fingerprint density at radius 3 is 2.46 bits per heavy atom. The Hall–Kier alpha value is 0.110. The fraction of sp³-hybridized carbons (Fsp3) is 1.00. The average molecular weight is 204 g/mol. The molecule has 0 aliphatic heterocycles. The van der Waals surface area contributed by atoms with Gasteiger partial charge in [-0.15, -0.1) is 0 Å². The molecule has 0 aromatic heterocycles. The first kappa shape index (κ1) is 11.2. The van der Waals surface area contributed by atoms with Crippen molar-refractivity contribution < 1.29 is 8.76 Å². The molecule has 1 aliphatic rings. The molecule has 13 heavy (non-hydrogen) atoms. The van der Waals surface area contributed by atoms with Gasteiger partial charge in [0.15, 0.2) is 11.1 Å². The minimum absolute atomic E-state index is 0.465. The van der Waals surface area contributed by atoms with E-state index in [4.69, 9.17) is 4.55 Å². The van der Waals surface area contributed by atoms with Gasteiger partial charge < -0.3 is 4.55 Å². The molecule has 0 spiro atoms. The molecule has 1 aliphatic carbocycles. The van der Waals surface area contributed by atoms with E-state index >= 15 is 0 Å². The van der Waals surface area contributed by atoms with Crippen LogP contribution in [0.15, 0.2) is 0 Å². The molecule has 2 nitrogen and oxygen atoms in total. The van der Waals surface area contributed by atoms with Crippen LogP contribution in [0.1, 0.15) is 51.4 Å². The predicted octanol–water partition coefficient (Wildman–Crippen LogP) is 2.96. The molecule has 1 rings (SSSR count). The van der Waals surface area contributed by atoms with Crippen LogP contribution in [0.25, 0.3) is 0 Å². The average Bonchev–Trinajstić information content (AvgIpc) is 2.14. The predicted molar refractivity (Wildman–Crippen MR) is 56.1 cm³/mol. The summed E-state index contributed by atoms with van der Waals surface area (Å²) < 4.78 is 18.9. The summed E-state index contributed by atoms with van der Waals surface area (Å²) >= 11 is -1.57. The molecule has 0 aromatic carbocycles. The fourth-order valence-electron chi connectivity index (χ4n) is 2.13. The Morgan fingerprint density at radius 1 is 1.15 bits per heavy atom. The van der Waals surface area contributed by atoms with Gasteiger partial charge in [0, 0.05) is 5.75 Å². The highest BCUT2D eigenvalue weighted by atomic mass is 32.2. The van der Waals surface area contributed by atoms with Gasteiger partial charge in [0.05, 0.1) is 0 Å². The van der Waals surface area contributed by atoms with Crippen molar-refractivity contribution in [2.24, 2.45) is 5.92 Å². The van der Waals surface area contributed by atoms with Crippen molar-refractivity contribution in [3.63, 3.8) is 0 Å². The van der Waals surface area contributed by atoms with Crippen LogP contribution in [-0.4, -0.2) is 14.5 Å². The van der Waals surface area contributed by atoms with E-state index in [-0.39, 0.29) is 0 Å². The summed E-state index contributed by atoms with van der Waals surface area (Å²) in [6.45, 7) is 0. The highest BCUT2D eigenvalue weighted by Gasteiger charge is 2.12. The van der Waals surface area contributed by atoms with Crippen molar-refractivity contribution >= 4 is 11.1 Å². The number of rotatable bonds is 5. The normalized spacial score (nSPS) is 21.6. The van der Waals surface area contributed by atoms with E-state index in [2.05, 4.69) is 0 Å².